The highest BCUT2D eigenvalue weighted by atomic mass is 79.9. The van der Waals surface area contributed by atoms with Crippen LogP contribution in [0.4, 0.5) is 14.5 Å². The standard InChI is InChI=1S/C21H18BrF2N5O3S/c1-8-6-12(18(23)24)26-21-14(8)16(17(33-21)19(25)30)27-20(31)13-5-4-11(32-13)7-29-10(3)15(22)9(2)28-29/h4-6,18H,7H2,1-3H3,(H2,25,30)(H,27,31). The zero-order chi connectivity index (χ0) is 24.0. The number of hydrogen-bond acceptors (Lipinski definition) is 6. The average Bonchev–Trinajstić information content (AvgIpc) is 3.42. The fourth-order valence-corrected chi connectivity index (χ4v) is 4.80. The highest BCUT2D eigenvalue weighted by molar-refractivity contribution is 9.10. The van der Waals surface area contributed by atoms with Crippen LogP contribution in [0.2, 0.25) is 0 Å². The van der Waals surface area contributed by atoms with Crippen LogP contribution in [0.3, 0.4) is 0 Å². The lowest BCUT2D eigenvalue weighted by atomic mass is 10.1. The van der Waals surface area contributed by atoms with E-state index < -0.39 is 23.9 Å². The van der Waals surface area contributed by atoms with E-state index in [1.807, 2.05) is 13.8 Å². The second-order valence-electron chi connectivity index (χ2n) is 7.38. The molecule has 0 unspecified atom stereocenters. The number of hydrogen-bond donors (Lipinski definition) is 2. The first kappa shape index (κ1) is 23.1. The lowest BCUT2D eigenvalue weighted by molar-refractivity contribution is 0.0994. The number of pyridine rings is 1. The summed E-state index contributed by atoms with van der Waals surface area (Å²) in [6.45, 7) is 5.69. The van der Waals surface area contributed by atoms with Crippen molar-refractivity contribution in [3.8, 4) is 0 Å². The highest BCUT2D eigenvalue weighted by Gasteiger charge is 2.24. The van der Waals surface area contributed by atoms with E-state index in [9.17, 15) is 18.4 Å². The summed E-state index contributed by atoms with van der Waals surface area (Å²) >= 11 is 4.32. The van der Waals surface area contributed by atoms with Gasteiger partial charge < -0.3 is 15.5 Å². The van der Waals surface area contributed by atoms with Crippen LogP contribution in [0.5, 0.6) is 0 Å². The van der Waals surface area contributed by atoms with E-state index in [0.717, 1.165) is 27.2 Å². The van der Waals surface area contributed by atoms with E-state index in [2.05, 4.69) is 31.3 Å². The van der Waals surface area contributed by atoms with Crippen molar-refractivity contribution < 1.29 is 22.8 Å². The van der Waals surface area contributed by atoms with Crippen LogP contribution in [0, 0.1) is 20.8 Å². The summed E-state index contributed by atoms with van der Waals surface area (Å²) in [6, 6.07) is 4.38. The molecule has 0 aliphatic rings. The largest absolute Gasteiger partial charge is 0.454 e. The van der Waals surface area contributed by atoms with Crippen molar-refractivity contribution in [3.05, 3.63) is 61.7 Å². The molecule has 4 heterocycles. The molecule has 172 valence electrons. The number of halogens is 3. The fourth-order valence-electron chi connectivity index (χ4n) is 3.45. The van der Waals surface area contributed by atoms with E-state index in [-0.39, 0.29) is 21.2 Å². The number of aromatic nitrogens is 3. The molecule has 3 N–H and O–H groups in total. The van der Waals surface area contributed by atoms with Gasteiger partial charge in [-0.15, -0.1) is 11.3 Å². The zero-order valence-electron chi connectivity index (χ0n) is 17.7. The van der Waals surface area contributed by atoms with Gasteiger partial charge in [0.25, 0.3) is 18.2 Å². The smallest absolute Gasteiger partial charge is 0.291 e. The number of nitrogens with two attached hydrogens (primary N) is 1. The van der Waals surface area contributed by atoms with Crippen molar-refractivity contribution >= 4 is 55.0 Å². The summed E-state index contributed by atoms with van der Waals surface area (Å²) in [5.41, 5.74) is 7.36. The number of amides is 2. The minimum atomic E-state index is -2.77. The number of aryl methyl sites for hydroxylation is 2. The molecular weight excluding hydrogens is 520 g/mol. The van der Waals surface area contributed by atoms with Crippen LogP contribution in [0.15, 0.2) is 27.1 Å². The van der Waals surface area contributed by atoms with Crippen LogP contribution in [-0.4, -0.2) is 26.6 Å². The van der Waals surface area contributed by atoms with Crippen molar-refractivity contribution in [1.82, 2.24) is 14.8 Å². The molecule has 0 saturated carbocycles. The van der Waals surface area contributed by atoms with Crippen molar-refractivity contribution in [3.63, 3.8) is 0 Å². The molecule has 33 heavy (non-hydrogen) atoms. The molecule has 4 rings (SSSR count). The van der Waals surface area contributed by atoms with Gasteiger partial charge >= 0.3 is 0 Å². The number of thiophene rings is 1. The van der Waals surface area contributed by atoms with E-state index in [4.69, 9.17) is 10.2 Å². The third-order valence-electron chi connectivity index (χ3n) is 5.05. The molecule has 0 saturated heterocycles. The normalized spacial score (nSPS) is 11.5. The lowest BCUT2D eigenvalue weighted by Crippen LogP contribution is -2.16. The number of anilines is 1. The Morgan fingerprint density at radius 2 is 2.03 bits per heavy atom. The van der Waals surface area contributed by atoms with Gasteiger partial charge in [-0.05, 0) is 60.5 Å². The molecular formula is C21H18BrF2N5O3S. The first-order valence-electron chi connectivity index (χ1n) is 9.68. The van der Waals surface area contributed by atoms with Gasteiger partial charge in [-0.25, -0.2) is 13.8 Å². The van der Waals surface area contributed by atoms with Gasteiger partial charge in [-0.3, -0.25) is 14.3 Å². The third-order valence-corrected chi connectivity index (χ3v) is 7.29. The van der Waals surface area contributed by atoms with Crippen LogP contribution in [0.25, 0.3) is 10.2 Å². The van der Waals surface area contributed by atoms with Gasteiger partial charge in [0.05, 0.1) is 28.1 Å². The second kappa shape index (κ2) is 8.67. The fraction of sp³-hybridized carbons (Fsp3) is 0.238. The maximum Gasteiger partial charge on any atom is 0.291 e. The number of rotatable bonds is 6. The molecule has 0 atom stereocenters. The van der Waals surface area contributed by atoms with Gasteiger partial charge in [0, 0.05) is 5.39 Å². The maximum atomic E-state index is 13.1. The topological polar surface area (TPSA) is 116 Å². The minimum Gasteiger partial charge on any atom is -0.454 e. The number of nitrogens with zero attached hydrogens (tertiary/aromatic N) is 3. The van der Waals surface area contributed by atoms with Crippen LogP contribution in [-0.2, 0) is 6.54 Å². The predicted octanol–water partition coefficient (Wildman–Crippen LogP) is 5.11. The Bertz CT molecular complexity index is 1410. The minimum absolute atomic E-state index is 0.00943. The first-order chi connectivity index (χ1) is 15.6. The predicted molar refractivity (Wildman–Crippen MR) is 123 cm³/mol. The molecule has 8 nitrogen and oxygen atoms in total. The summed E-state index contributed by atoms with van der Waals surface area (Å²) in [5, 5.41) is 7.44. The van der Waals surface area contributed by atoms with E-state index in [1.54, 1.807) is 17.7 Å². The summed E-state index contributed by atoms with van der Waals surface area (Å²) in [6.07, 6.45) is -2.77. The molecule has 0 spiro atoms. The van der Waals surface area contributed by atoms with E-state index in [1.165, 1.54) is 12.1 Å². The molecule has 4 aromatic rings. The Morgan fingerprint density at radius 1 is 1.30 bits per heavy atom. The molecule has 0 aliphatic heterocycles. The number of fused-ring (bicyclic) bond motifs is 1. The van der Waals surface area contributed by atoms with E-state index in [0.29, 0.717) is 23.3 Å². The Labute approximate surface area is 198 Å². The Morgan fingerprint density at radius 3 is 2.64 bits per heavy atom. The number of alkyl halides is 2. The van der Waals surface area contributed by atoms with Crippen molar-refractivity contribution in [1.29, 1.82) is 0 Å². The Kier molecular flexibility index (Phi) is 6.06. The highest BCUT2D eigenvalue weighted by Crippen LogP contribution is 2.38. The average molecular weight is 538 g/mol. The summed E-state index contributed by atoms with van der Waals surface area (Å²) < 4.78 is 34.6. The van der Waals surface area contributed by atoms with Crippen LogP contribution in [0.1, 0.15) is 55.1 Å². The van der Waals surface area contributed by atoms with Gasteiger partial charge in [0.2, 0.25) is 0 Å². The monoisotopic (exact) mass is 537 g/mol. The third kappa shape index (κ3) is 4.27. The Hall–Kier alpha value is -3.12. The number of carbonyl (C=O) groups is 2. The van der Waals surface area contributed by atoms with Crippen LogP contribution >= 0.6 is 27.3 Å². The molecule has 0 aliphatic carbocycles. The number of primary amides is 1. The maximum absolute atomic E-state index is 13.1. The summed E-state index contributed by atoms with van der Waals surface area (Å²) in [7, 11) is 0. The quantitative estimate of drug-likeness (QED) is 0.354. The molecule has 12 heteroatoms. The SMILES string of the molecule is Cc1nn(Cc2ccc(C(=O)Nc3c(C(N)=O)sc4nc(C(F)F)cc(C)c34)o2)c(C)c1Br. The van der Waals surface area contributed by atoms with Gasteiger partial charge in [-0.2, -0.15) is 5.10 Å². The Balaban J connectivity index is 1.65. The van der Waals surface area contributed by atoms with Crippen LogP contribution < -0.4 is 11.1 Å². The zero-order valence-corrected chi connectivity index (χ0v) is 20.1. The van der Waals surface area contributed by atoms with Gasteiger partial charge in [0.15, 0.2) is 5.76 Å². The number of furan rings is 1. The summed E-state index contributed by atoms with van der Waals surface area (Å²) in [4.78, 5) is 29.0. The summed E-state index contributed by atoms with van der Waals surface area (Å²) in [5.74, 6) is -0.907. The number of carbonyl (C=O) groups excluding carboxylic acids is 2. The molecule has 4 aromatic heterocycles. The van der Waals surface area contributed by atoms with Crippen molar-refractivity contribution in [2.24, 2.45) is 5.73 Å². The molecule has 0 radical (unpaired) electrons. The van der Waals surface area contributed by atoms with Crippen molar-refractivity contribution in [2.45, 2.75) is 33.7 Å². The van der Waals surface area contributed by atoms with Gasteiger partial charge in [-0.1, -0.05) is 0 Å². The first-order valence-corrected chi connectivity index (χ1v) is 11.3. The molecule has 0 bridgehead atoms. The molecule has 0 aromatic carbocycles. The second-order valence-corrected chi connectivity index (χ2v) is 9.17. The molecule has 0 fully saturated rings. The van der Waals surface area contributed by atoms with E-state index >= 15 is 0 Å². The molecule has 2 amide bonds. The van der Waals surface area contributed by atoms with Gasteiger partial charge in [0.1, 0.15) is 21.2 Å². The van der Waals surface area contributed by atoms with Crippen molar-refractivity contribution in [2.75, 3.05) is 5.32 Å². The lowest BCUT2D eigenvalue weighted by Gasteiger charge is -2.07. The number of nitrogens with one attached hydrogen (secondary N) is 1.